The molecule has 0 aliphatic heterocycles. The van der Waals surface area contributed by atoms with Crippen molar-refractivity contribution in [2.45, 2.75) is 381 Å². The summed E-state index contributed by atoms with van der Waals surface area (Å²) < 4.78 is 11.7. The molecule has 0 unspecified atom stereocenters. The lowest BCUT2D eigenvalue weighted by molar-refractivity contribution is -0.151. The Balaban J connectivity index is -0.00000135. The fraction of sp³-hybridized carbons (Fsp3) is 0.908. The van der Waals surface area contributed by atoms with Crippen molar-refractivity contribution in [3.63, 3.8) is 0 Å². The zero-order valence-electron chi connectivity index (χ0n) is 50.7. The van der Waals surface area contributed by atoms with Gasteiger partial charge in [0.25, 0.3) is 0 Å². The zero-order valence-corrected chi connectivity index (χ0v) is 50.7. The maximum absolute atomic E-state index is 12.5. The van der Waals surface area contributed by atoms with Gasteiger partial charge in [-0.2, -0.15) is 0 Å². The summed E-state index contributed by atoms with van der Waals surface area (Å²) in [5, 5.41) is 26.5. The maximum Gasteiger partial charge on any atom is 0.306 e. The van der Waals surface area contributed by atoms with Crippen LogP contribution in [-0.2, 0) is 38.2 Å². The van der Waals surface area contributed by atoms with Crippen LogP contribution in [0.15, 0.2) is 0 Å². The summed E-state index contributed by atoms with van der Waals surface area (Å²) in [4.78, 5) is 69.1. The molecule has 0 atom stereocenters. The van der Waals surface area contributed by atoms with Crippen molar-refractivity contribution < 1.29 is 53.6 Å². The number of esters is 2. The molecule has 0 aromatic heterocycles. The van der Waals surface area contributed by atoms with Gasteiger partial charge in [0.05, 0.1) is 6.10 Å². The van der Waals surface area contributed by atoms with Gasteiger partial charge in [-0.3, -0.25) is 28.8 Å². The standard InChI is InChI=1S/C39H74O5.C13H22O5.C13H28O/c1-5-9-13-21-29-36(30-22-14-10-6-2)43-38(41)33-25-17-19-27-35(40)28-20-18-26-34-39(42)44-37(31-23-15-11-7-3)32-24-16-12-8-4;14-11(7-3-1-5-9-12(15)16)8-4-2-6-10-13(17)18;1-3-5-7-9-11-13(14)12-10-8-6-4-2/h36-37H,5-34H2,1-4H3;1-10H2,(H,15,16)(H,17,18);13-14H,3-12H2,1-2H3. The van der Waals surface area contributed by atoms with Gasteiger partial charge in [0, 0.05) is 51.4 Å². The minimum absolute atomic E-state index is 0.0243. The average Bonchev–Trinajstić information content (AvgIpc) is 3.38. The van der Waals surface area contributed by atoms with Gasteiger partial charge in [-0.05, 0) is 116 Å². The molecule has 0 saturated carbocycles. The van der Waals surface area contributed by atoms with Gasteiger partial charge in [0.15, 0.2) is 0 Å². The number of carboxylic acids is 2. The smallest absolute Gasteiger partial charge is 0.306 e. The number of Topliss-reactive ketones (excluding diaryl/α,β-unsaturated/α-hetero) is 2. The normalized spacial score (nSPS) is 11.1. The van der Waals surface area contributed by atoms with Crippen LogP contribution in [0.5, 0.6) is 0 Å². The van der Waals surface area contributed by atoms with Crippen LogP contribution in [0.25, 0.3) is 0 Å². The van der Waals surface area contributed by atoms with Crippen molar-refractivity contribution in [3.05, 3.63) is 0 Å². The van der Waals surface area contributed by atoms with Gasteiger partial charge in [-0.15, -0.1) is 0 Å². The van der Waals surface area contributed by atoms with E-state index in [0.29, 0.717) is 57.1 Å². The largest absolute Gasteiger partial charge is 0.481 e. The highest BCUT2D eigenvalue weighted by Crippen LogP contribution is 2.20. The van der Waals surface area contributed by atoms with E-state index in [-0.39, 0.29) is 48.9 Å². The topological polar surface area (TPSA) is 182 Å². The molecule has 0 fully saturated rings. The minimum Gasteiger partial charge on any atom is -0.481 e. The second kappa shape index (κ2) is 63.0. The van der Waals surface area contributed by atoms with E-state index in [0.717, 1.165) is 128 Å². The van der Waals surface area contributed by atoms with Gasteiger partial charge in [0.2, 0.25) is 0 Å². The predicted octanol–water partition coefficient (Wildman–Crippen LogP) is 19.1. The Morgan fingerprint density at radius 1 is 0.276 bits per heavy atom. The number of hydrogen-bond acceptors (Lipinski definition) is 9. The van der Waals surface area contributed by atoms with Gasteiger partial charge < -0.3 is 24.8 Å². The fourth-order valence-corrected chi connectivity index (χ4v) is 9.30. The Kier molecular flexibility index (Phi) is 64.2. The van der Waals surface area contributed by atoms with Crippen molar-refractivity contribution >= 4 is 35.4 Å². The van der Waals surface area contributed by atoms with E-state index in [1.165, 1.54) is 128 Å². The van der Waals surface area contributed by atoms with Crippen LogP contribution in [0.4, 0.5) is 0 Å². The molecule has 0 bridgehead atoms. The monoisotopic (exact) mass is 1080 g/mol. The van der Waals surface area contributed by atoms with Crippen molar-refractivity contribution in [2.24, 2.45) is 0 Å². The summed E-state index contributed by atoms with van der Waals surface area (Å²) in [6.07, 6.45) is 48.5. The molecule has 0 aromatic rings. The third-order valence-electron chi connectivity index (χ3n) is 14.3. The highest BCUT2D eigenvalue weighted by molar-refractivity contribution is 5.78. The Bertz CT molecular complexity index is 1190. The third-order valence-corrected chi connectivity index (χ3v) is 14.3. The van der Waals surface area contributed by atoms with Crippen LogP contribution in [-0.4, -0.2) is 69.1 Å². The molecule has 0 aliphatic carbocycles. The number of carbonyl (C=O) groups excluding carboxylic acids is 4. The van der Waals surface area contributed by atoms with Crippen molar-refractivity contribution in [2.75, 3.05) is 0 Å². The van der Waals surface area contributed by atoms with Crippen LogP contribution in [0.3, 0.4) is 0 Å². The molecule has 0 saturated heterocycles. The first-order valence-corrected chi connectivity index (χ1v) is 32.3. The number of carbonyl (C=O) groups is 6. The molecule has 11 heteroatoms. The number of ether oxygens (including phenoxy) is 2. The minimum atomic E-state index is -0.792. The number of carboxylic acid groups (broad SMARTS) is 2. The summed E-state index contributed by atoms with van der Waals surface area (Å²) in [6, 6.07) is 0. The molecule has 76 heavy (non-hydrogen) atoms. The summed E-state index contributed by atoms with van der Waals surface area (Å²) >= 11 is 0. The summed E-state index contributed by atoms with van der Waals surface area (Å²) in [7, 11) is 0. The van der Waals surface area contributed by atoms with Gasteiger partial charge >= 0.3 is 23.9 Å². The second-order valence-corrected chi connectivity index (χ2v) is 22.1. The van der Waals surface area contributed by atoms with Crippen molar-refractivity contribution in [1.29, 1.82) is 0 Å². The Hall–Kier alpha value is -2.82. The lowest BCUT2D eigenvalue weighted by Gasteiger charge is -2.18. The third kappa shape index (κ3) is 65.5. The van der Waals surface area contributed by atoms with E-state index >= 15 is 0 Å². The van der Waals surface area contributed by atoms with Crippen LogP contribution in [0.1, 0.15) is 363 Å². The molecule has 0 aliphatic rings. The number of unbranched alkanes of at least 4 members (excludes halogenated alkanes) is 26. The highest BCUT2D eigenvalue weighted by atomic mass is 16.5. The average molecular weight is 1080 g/mol. The quantitative estimate of drug-likeness (QED) is 0.0389. The SMILES string of the molecule is CCCCCCC(CCCCCC)OC(=O)CCCCCC(=O)CCCCCC(=O)OC(CCCCCC)CCCCCC.CCCCCCC(O)CCCCCC.O=C(O)CCCCCC(=O)CCCCCC(=O)O. The van der Waals surface area contributed by atoms with E-state index in [1.807, 2.05) is 0 Å². The lowest BCUT2D eigenvalue weighted by Crippen LogP contribution is -2.18. The number of aliphatic hydroxyl groups excluding tert-OH is 1. The predicted molar refractivity (Wildman–Crippen MR) is 316 cm³/mol. The second-order valence-electron chi connectivity index (χ2n) is 22.1. The first-order valence-electron chi connectivity index (χ1n) is 32.3. The molecular formula is C65H124O11. The van der Waals surface area contributed by atoms with Gasteiger partial charge in [0.1, 0.15) is 23.8 Å². The molecule has 0 aromatic carbocycles. The Labute approximate surface area is 468 Å². The molecular weight excluding hydrogens is 957 g/mol. The summed E-state index contributed by atoms with van der Waals surface area (Å²) in [6.45, 7) is 13.3. The zero-order chi connectivity index (χ0) is 57.0. The van der Waals surface area contributed by atoms with E-state index in [9.17, 15) is 33.9 Å². The van der Waals surface area contributed by atoms with Gasteiger partial charge in [-0.25, -0.2) is 0 Å². The molecule has 11 nitrogen and oxygen atoms in total. The molecule has 0 rings (SSSR count). The first-order chi connectivity index (χ1) is 36.8. The molecule has 0 spiro atoms. The molecule has 3 N–H and O–H groups in total. The van der Waals surface area contributed by atoms with E-state index in [4.69, 9.17) is 19.7 Å². The van der Waals surface area contributed by atoms with E-state index in [2.05, 4.69) is 41.5 Å². The number of aliphatic hydroxyl groups is 1. The van der Waals surface area contributed by atoms with Crippen LogP contribution in [0, 0.1) is 0 Å². The van der Waals surface area contributed by atoms with Crippen LogP contribution >= 0.6 is 0 Å². The van der Waals surface area contributed by atoms with E-state index in [1.54, 1.807) is 0 Å². The Morgan fingerprint density at radius 2 is 0.487 bits per heavy atom. The van der Waals surface area contributed by atoms with Gasteiger partial charge in [-0.1, -0.05) is 196 Å². The molecule has 450 valence electrons. The van der Waals surface area contributed by atoms with E-state index < -0.39 is 11.9 Å². The molecule has 0 radical (unpaired) electrons. The summed E-state index contributed by atoms with van der Waals surface area (Å²) in [5.74, 6) is -1.22. The molecule has 0 amide bonds. The number of aliphatic carboxylic acids is 2. The number of rotatable bonds is 56. The molecule has 0 heterocycles. The van der Waals surface area contributed by atoms with Crippen molar-refractivity contribution in [3.8, 4) is 0 Å². The first kappa shape index (κ1) is 77.4. The highest BCUT2D eigenvalue weighted by Gasteiger charge is 2.16. The maximum atomic E-state index is 12.5. The number of ketones is 2. The fourth-order valence-electron chi connectivity index (χ4n) is 9.30. The summed E-state index contributed by atoms with van der Waals surface area (Å²) in [5.41, 5.74) is 0. The lowest BCUT2D eigenvalue weighted by atomic mass is 10.0. The Morgan fingerprint density at radius 3 is 0.724 bits per heavy atom. The van der Waals surface area contributed by atoms with Crippen LogP contribution in [0.2, 0.25) is 0 Å². The van der Waals surface area contributed by atoms with Crippen LogP contribution < -0.4 is 0 Å². The van der Waals surface area contributed by atoms with Crippen molar-refractivity contribution in [1.82, 2.24) is 0 Å². The number of hydrogen-bond donors (Lipinski definition) is 3.